The summed E-state index contributed by atoms with van der Waals surface area (Å²) < 4.78 is 11.6. The Morgan fingerprint density at radius 3 is 2.71 bits per heavy atom. The molecule has 0 aliphatic carbocycles. The lowest BCUT2D eigenvalue weighted by atomic mass is 9.70. The molecule has 2 bridgehead atoms. The summed E-state index contributed by atoms with van der Waals surface area (Å²) in [6, 6.07) is -0.879. The first-order valence-corrected chi connectivity index (χ1v) is 11.1. The van der Waals surface area contributed by atoms with Crippen molar-refractivity contribution in [1.29, 1.82) is 0 Å². The molecule has 0 aromatic heterocycles. The number of unbranched alkanes of at least 4 members (excludes halogenated alkanes) is 1. The van der Waals surface area contributed by atoms with E-state index in [2.05, 4.69) is 13.2 Å². The van der Waals surface area contributed by atoms with E-state index in [0.717, 1.165) is 0 Å². The molecule has 3 heterocycles. The van der Waals surface area contributed by atoms with Gasteiger partial charge in [-0.1, -0.05) is 18.7 Å². The second-order valence-corrected chi connectivity index (χ2v) is 8.81. The highest BCUT2D eigenvalue weighted by molar-refractivity contribution is 5.98. The lowest BCUT2D eigenvalue weighted by Crippen LogP contribution is -2.57. The predicted molar refractivity (Wildman–Crippen MR) is 114 cm³/mol. The molecule has 0 radical (unpaired) electrons. The van der Waals surface area contributed by atoms with Gasteiger partial charge in [-0.15, -0.1) is 6.58 Å². The van der Waals surface area contributed by atoms with Crippen molar-refractivity contribution < 1.29 is 29.0 Å². The molecule has 3 rings (SSSR count). The SMILES string of the molecule is C=CCOC(=O)[C@@H]1[C@H]2C(=O)N(CCCCO)C(C(=O)N(CC=C)C(C)C)C23CC[C@H]1O3. The number of hydrogen-bond acceptors (Lipinski definition) is 6. The number of esters is 1. The minimum absolute atomic E-state index is 0.0128. The lowest BCUT2D eigenvalue weighted by Gasteiger charge is -2.38. The van der Waals surface area contributed by atoms with Crippen LogP contribution in [0.1, 0.15) is 39.5 Å². The fraction of sp³-hybridized carbons (Fsp3) is 0.696. The van der Waals surface area contributed by atoms with Crippen LogP contribution in [0.5, 0.6) is 0 Å². The van der Waals surface area contributed by atoms with E-state index in [0.29, 0.717) is 38.8 Å². The number of aliphatic hydroxyl groups excluding tert-OH is 1. The molecule has 8 nitrogen and oxygen atoms in total. The highest BCUT2D eigenvalue weighted by Gasteiger charge is 2.75. The van der Waals surface area contributed by atoms with Crippen molar-refractivity contribution in [3.63, 3.8) is 0 Å². The van der Waals surface area contributed by atoms with E-state index in [4.69, 9.17) is 9.47 Å². The summed E-state index contributed by atoms with van der Waals surface area (Å²) in [5, 5.41) is 9.19. The van der Waals surface area contributed by atoms with Crippen molar-refractivity contribution >= 4 is 17.8 Å². The number of nitrogens with zero attached hydrogens (tertiary/aromatic N) is 2. The molecule has 1 spiro atoms. The zero-order chi connectivity index (χ0) is 22.8. The summed E-state index contributed by atoms with van der Waals surface area (Å²) in [4.78, 5) is 43.4. The van der Waals surface area contributed by atoms with Crippen molar-refractivity contribution in [2.45, 2.75) is 63.3 Å². The van der Waals surface area contributed by atoms with E-state index < -0.39 is 35.6 Å². The van der Waals surface area contributed by atoms with Crippen LogP contribution >= 0.6 is 0 Å². The topological polar surface area (TPSA) is 96.4 Å². The lowest BCUT2D eigenvalue weighted by molar-refractivity contribution is -0.154. The molecule has 2 unspecified atom stereocenters. The van der Waals surface area contributed by atoms with Crippen LogP contribution in [0.15, 0.2) is 25.3 Å². The number of likely N-dealkylation sites (tertiary alicyclic amines) is 1. The van der Waals surface area contributed by atoms with E-state index in [-0.39, 0.29) is 31.1 Å². The van der Waals surface area contributed by atoms with Gasteiger partial charge in [0.2, 0.25) is 11.8 Å². The molecule has 0 aromatic rings. The maximum Gasteiger partial charge on any atom is 0.312 e. The molecule has 3 aliphatic rings. The van der Waals surface area contributed by atoms with E-state index in [1.165, 1.54) is 6.08 Å². The van der Waals surface area contributed by atoms with Gasteiger partial charge in [0.25, 0.3) is 0 Å². The summed E-state index contributed by atoms with van der Waals surface area (Å²) in [5.74, 6) is -2.34. The fourth-order valence-corrected chi connectivity index (χ4v) is 5.42. The van der Waals surface area contributed by atoms with Crippen LogP contribution in [0.4, 0.5) is 0 Å². The first kappa shape index (κ1) is 23.5. The predicted octanol–water partition coefficient (Wildman–Crippen LogP) is 1.29. The zero-order valence-electron chi connectivity index (χ0n) is 18.5. The normalized spacial score (nSPS) is 31.1. The third kappa shape index (κ3) is 3.91. The molecular weight excluding hydrogens is 400 g/mol. The smallest absolute Gasteiger partial charge is 0.312 e. The first-order valence-electron chi connectivity index (χ1n) is 11.1. The van der Waals surface area contributed by atoms with Gasteiger partial charge in [-0.3, -0.25) is 14.4 Å². The largest absolute Gasteiger partial charge is 0.461 e. The number of carbonyl (C=O) groups excluding carboxylic acids is 3. The Labute approximate surface area is 183 Å². The molecule has 2 amide bonds. The number of rotatable bonds is 11. The number of amides is 2. The monoisotopic (exact) mass is 434 g/mol. The van der Waals surface area contributed by atoms with Crippen LogP contribution < -0.4 is 0 Å². The highest BCUT2D eigenvalue weighted by atomic mass is 16.6. The first-order chi connectivity index (χ1) is 14.8. The van der Waals surface area contributed by atoms with Gasteiger partial charge in [0.05, 0.1) is 17.9 Å². The molecule has 3 fully saturated rings. The van der Waals surface area contributed by atoms with Gasteiger partial charge in [-0.05, 0) is 39.5 Å². The van der Waals surface area contributed by atoms with Crippen LogP contribution in [0.2, 0.25) is 0 Å². The number of fused-ring (bicyclic) bond motifs is 1. The summed E-state index contributed by atoms with van der Waals surface area (Å²) in [6.45, 7) is 11.9. The Morgan fingerprint density at radius 1 is 1.35 bits per heavy atom. The molecule has 3 aliphatic heterocycles. The molecule has 0 saturated carbocycles. The second kappa shape index (κ2) is 9.53. The minimum atomic E-state index is -1.02. The molecule has 31 heavy (non-hydrogen) atoms. The van der Waals surface area contributed by atoms with Crippen LogP contribution in [-0.4, -0.2) is 82.8 Å². The number of aliphatic hydroxyl groups is 1. The van der Waals surface area contributed by atoms with E-state index in [1.807, 2.05) is 13.8 Å². The van der Waals surface area contributed by atoms with Crippen molar-refractivity contribution in [2.24, 2.45) is 11.8 Å². The van der Waals surface area contributed by atoms with Crippen molar-refractivity contribution in [3.05, 3.63) is 25.3 Å². The van der Waals surface area contributed by atoms with Crippen LogP contribution in [-0.2, 0) is 23.9 Å². The molecular formula is C23H34N2O6. The fourth-order valence-electron chi connectivity index (χ4n) is 5.42. The van der Waals surface area contributed by atoms with Gasteiger partial charge in [0, 0.05) is 25.7 Å². The second-order valence-electron chi connectivity index (χ2n) is 8.81. The number of hydrogen-bond donors (Lipinski definition) is 1. The highest BCUT2D eigenvalue weighted by Crippen LogP contribution is 2.58. The molecule has 8 heteroatoms. The molecule has 172 valence electrons. The van der Waals surface area contributed by atoms with Gasteiger partial charge in [-0.25, -0.2) is 0 Å². The Morgan fingerprint density at radius 2 is 2.10 bits per heavy atom. The summed E-state index contributed by atoms with van der Waals surface area (Å²) in [6.07, 6.45) is 4.98. The number of carbonyl (C=O) groups is 3. The molecule has 0 aromatic carbocycles. The maximum absolute atomic E-state index is 13.8. The molecule has 3 saturated heterocycles. The third-order valence-corrected chi connectivity index (χ3v) is 6.69. The quantitative estimate of drug-likeness (QED) is 0.299. The van der Waals surface area contributed by atoms with Crippen molar-refractivity contribution in [1.82, 2.24) is 9.80 Å². The van der Waals surface area contributed by atoms with Crippen LogP contribution in [0.3, 0.4) is 0 Å². The van der Waals surface area contributed by atoms with Crippen LogP contribution in [0, 0.1) is 11.8 Å². The van der Waals surface area contributed by atoms with Crippen molar-refractivity contribution in [2.75, 3.05) is 26.3 Å². The van der Waals surface area contributed by atoms with Gasteiger partial charge < -0.3 is 24.4 Å². The number of ether oxygens (including phenoxy) is 2. The van der Waals surface area contributed by atoms with E-state index in [9.17, 15) is 19.5 Å². The Balaban J connectivity index is 1.98. The van der Waals surface area contributed by atoms with E-state index >= 15 is 0 Å². The van der Waals surface area contributed by atoms with Gasteiger partial charge in [0.15, 0.2) is 0 Å². The minimum Gasteiger partial charge on any atom is -0.461 e. The van der Waals surface area contributed by atoms with Gasteiger partial charge >= 0.3 is 5.97 Å². The Hall–Kier alpha value is -2.19. The summed E-state index contributed by atoms with van der Waals surface area (Å²) in [5.41, 5.74) is -1.02. The van der Waals surface area contributed by atoms with E-state index in [1.54, 1.807) is 15.9 Å². The zero-order valence-corrected chi connectivity index (χ0v) is 18.5. The average molecular weight is 435 g/mol. The Bertz CT molecular complexity index is 738. The average Bonchev–Trinajstić information content (AvgIpc) is 3.37. The Kier molecular flexibility index (Phi) is 7.21. The van der Waals surface area contributed by atoms with Gasteiger partial charge in [0.1, 0.15) is 18.2 Å². The molecule has 5 atom stereocenters. The third-order valence-electron chi connectivity index (χ3n) is 6.69. The molecule has 1 N–H and O–H groups in total. The van der Waals surface area contributed by atoms with Crippen LogP contribution in [0.25, 0.3) is 0 Å². The maximum atomic E-state index is 13.8. The summed E-state index contributed by atoms with van der Waals surface area (Å²) in [7, 11) is 0. The standard InChI is InChI=1S/C23H34N2O6/c1-5-11-24(15(3)4)21(28)19-23-10-9-16(31-23)17(22(29)30-14-6-2)18(23)20(27)25(19)12-7-8-13-26/h5-6,15-19,26H,1-2,7-14H2,3-4H3/t16-,17+,18+,19?,23?/m1/s1. The van der Waals surface area contributed by atoms with Crippen molar-refractivity contribution in [3.8, 4) is 0 Å². The summed E-state index contributed by atoms with van der Waals surface area (Å²) >= 11 is 0. The van der Waals surface area contributed by atoms with Gasteiger partial charge in [-0.2, -0.15) is 0 Å².